The Bertz CT molecular complexity index is 3130. The number of hydrogen-bond acceptors (Lipinski definition) is 13. The van der Waals surface area contributed by atoms with Crippen LogP contribution in [0.25, 0.3) is 32.6 Å². The quantitative estimate of drug-likeness (QED) is 0.141. The Hall–Kier alpha value is -10.3. The normalized spacial score (nSPS) is 9.34. The van der Waals surface area contributed by atoms with Gasteiger partial charge in [-0.1, -0.05) is 121 Å². The Balaban J connectivity index is 0.000000197. The third kappa shape index (κ3) is 29.5. The molecule has 13 rings (SSSR count). The van der Waals surface area contributed by atoms with Gasteiger partial charge in [0, 0.05) is 100 Å². The minimum absolute atomic E-state index is 0.759. The summed E-state index contributed by atoms with van der Waals surface area (Å²) in [5.41, 5.74) is 11.2. The lowest BCUT2D eigenvalue weighted by Gasteiger charge is -1.96. The van der Waals surface area contributed by atoms with E-state index in [4.69, 9.17) is 0 Å². The molecular formula is C69H73N13. The van der Waals surface area contributed by atoms with Gasteiger partial charge in [-0.25, -0.2) is 34.9 Å². The Morgan fingerprint density at radius 3 is 1.17 bits per heavy atom. The van der Waals surface area contributed by atoms with Crippen LogP contribution in [0.15, 0.2) is 263 Å². The molecule has 0 amide bonds. The van der Waals surface area contributed by atoms with Crippen molar-refractivity contribution >= 4 is 32.6 Å². The van der Waals surface area contributed by atoms with Crippen LogP contribution in [0.3, 0.4) is 0 Å². The second kappa shape index (κ2) is 39.1. The number of nitrogens with zero attached hydrogens (tertiary/aromatic N) is 13. The Morgan fingerprint density at radius 1 is 0.232 bits per heavy atom. The molecule has 0 atom stereocenters. The first-order chi connectivity index (χ1) is 39.8. The summed E-state index contributed by atoms with van der Waals surface area (Å²) in [5.74, 6) is 1.58. The molecule has 0 aliphatic heterocycles. The average molecular weight is 1080 g/mol. The third-order valence-corrected chi connectivity index (χ3v) is 10.7. The number of hydrogen-bond donors (Lipinski definition) is 0. The molecule has 13 nitrogen and oxygen atoms in total. The molecule has 82 heavy (non-hydrogen) atoms. The van der Waals surface area contributed by atoms with Crippen molar-refractivity contribution in [3.63, 3.8) is 0 Å². The summed E-state index contributed by atoms with van der Waals surface area (Å²) in [6.07, 6.45) is 20.6. The van der Waals surface area contributed by atoms with E-state index in [1.54, 1.807) is 49.4 Å². The van der Waals surface area contributed by atoms with Gasteiger partial charge in [0.05, 0.1) is 11.0 Å². The number of fused-ring (bicyclic) bond motifs is 3. The second-order valence-electron chi connectivity index (χ2n) is 18.0. The van der Waals surface area contributed by atoms with E-state index in [9.17, 15) is 0 Å². The highest BCUT2D eigenvalue weighted by Gasteiger charge is 1.93. The lowest BCUT2D eigenvalue weighted by molar-refractivity contribution is 0.974. The molecule has 0 saturated carbocycles. The molecule has 414 valence electrons. The Morgan fingerprint density at radius 2 is 0.707 bits per heavy atom. The lowest BCUT2D eigenvalue weighted by Crippen LogP contribution is -1.84. The summed E-state index contributed by atoms with van der Waals surface area (Å²) in [6, 6.07) is 62.5. The van der Waals surface area contributed by atoms with Crippen molar-refractivity contribution < 1.29 is 0 Å². The van der Waals surface area contributed by atoms with Gasteiger partial charge < -0.3 is 0 Å². The van der Waals surface area contributed by atoms with Crippen molar-refractivity contribution in [3.8, 4) is 0 Å². The second-order valence-corrected chi connectivity index (χ2v) is 18.0. The van der Waals surface area contributed by atoms with Gasteiger partial charge in [0.2, 0.25) is 0 Å². The Labute approximate surface area is 484 Å². The fourth-order valence-corrected chi connectivity index (χ4v) is 6.46. The summed E-state index contributed by atoms with van der Waals surface area (Å²) in [4.78, 5) is 51.2. The molecular weight excluding hydrogens is 1010 g/mol. The van der Waals surface area contributed by atoms with E-state index in [1.807, 2.05) is 183 Å². The standard InChI is InChI=1S/3C10H9N.C7H8.3C6H7N.2C5H6N2.C4H5N3/c1-8-4-5-9-3-2-6-11-10(9)7-8;1-8-6-9-4-2-3-5-10(9)7-11-8;1-8-6-7-9-4-2-3-5-10(9)11-8;1-7-5-3-2-4-6-7;3*1-6-4-2-3-5-7-6;1-5-2-6-4-7-3-5;1-5-6-3-2-4-7-5;1-4-6-2-5-3-7-4/h3*2-7H,1H3;2-6H,1H3;3*2-5H,1H3;2*2-4H,1H3;2-3H,1H3. The van der Waals surface area contributed by atoms with E-state index in [0.29, 0.717) is 0 Å². The molecule has 0 radical (unpaired) electrons. The topological polar surface area (TPSA) is 168 Å². The van der Waals surface area contributed by atoms with Crippen LogP contribution >= 0.6 is 0 Å². The highest BCUT2D eigenvalue weighted by atomic mass is 15.0. The van der Waals surface area contributed by atoms with Gasteiger partial charge in [-0.05, 0) is 159 Å². The average Bonchev–Trinajstić information content (AvgIpc) is 3.61. The van der Waals surface area contributed by atoms with Crippen LogP contribution in [-0.4, -0.2) is 64.8 Å². The maximum atomic E-state index is 4.38. The van der Waals surface area contributed by atoms with Crippen LogP contribution in [0.5, 0.6) is 0 Å². The zero-order valence-corrected chi connectivity index (χ0v) is 48.6. The van der Waals surface area contributed by atoms with Gasteiger partial charge in [-0.2, -0.15) is 0 Å². The number of benzene rings is 4. The number of aromatic nitrogens is 13. The van der Waals surface area contributed by atoms with E-state index in [-0.39, 0.29) is 0 Å². The van der Waals surface area contributed by atoms with E-state index >= 15 is 0 Å². The summed E-state index contributed by atoms with van der Waals surface area (Å²) < 4.78 is 0. The van der Waals surface area contributed by atoms with E-state index in [0.717, 1.165) is 56.7 Å². The molecule has 0 saturated heterocycles. The van der Waals surface area contributed by atoms with Crippen LogP contribution in [0, 0.1) is 69.2 Å². The molecule has 0 fully saturated rings. The minimum atomic E-state index is 0.759. The SMILES string of the molecule is Cc1cc2ccccc2cn1.Cc1ccc2ccccc2n1.Cc1ccc2cccnc2c1.Cc1ccccc1.Cc1ccccn1.Cc1ccccn1.Cc1ccccn1.Cc1cncnc1.Cc1ncccn1.Cc1ncncn1. The summed E-state index contributed by atoms with van der Waals surface area (Å²) >= 11 is 0. The van der Waals surface area contributed by atoms with Crippen molar-refractivity contribution in [1.29, 1.82) is 0 Å². The molecule has 0 spiro atoms. The predicted octanol–water partition coefficient (Wildman–Crippen LogP) is 15.5. The van der Waals surface area contributed by atoms with Gasteiger partial charge >= 0.3 is 0 Å². The first-order valence-electron chi connectivity index (χ1n) is 26.5. The van der Waals surface area contributed by atoms with Crippen LogP contribution in [0.4, 0.5) is 0 Å². The van der Waals surface area contributed by atoms with Crippen LogP contribution in [-0.2, 0) is 0 Å². The maximum absolute atomic E-state index is 4.38. The highest BCUT2D eigenvalue weighted by Crippen LogP contribution is 2.13. The molecule has 0 bridgehead atoms. The third-order valence-electron chi connectivity index (χ3n) is 10.7. The first kappa shape index (κ1) is 64.3. The van der Waals surface area contributed by atoms with Gasteiger partial charge in [0.1, 0.15) is 30.6 Å². The van der Waals surface area contributed by atoms with Gasteiger partial charge in [0.25, 0.3) is 0 Å². The fraction of sp³-hybridized carbons (Fsp3) is 0.145. The van der Waals surface area contributed by atoms with E-state index < -0.39 is 0 Å². The molecule has 4 aromatic carbocycles. The van der Waals surface area contributed by atoms with Gasteiger partial charge in [-0.3, -0.25) is 29.9 Å². The zero-order valence-electron chi connectivity index (χ0n) is 48.6. The van der Waals surface area contributed by atoms with E-state index in [2.05, 4.69) is 145 Å². The molecule has 0 N–H and O–H groups in total. The molecule has 13 heteroatoms. The smallest absolute Gasteiger partial charge is 0.128 e. The van der Waals surface area contributed by atoms with Gasteiger partial charge in [0.15, 0.2) is 0 Å². The monoisotopic (exact) mass is 1080 g/mol. The van der Waals surface area contributed by atoms with E-state index in [1.165, 1.54) is 51.7 Å². The van der Waals surface area contributed by atoms with Crippen molar-refractivity contribution in [1.82, 2.24) is 64.8 Å². The van der Waals surface area contributed by atoms with Gasteiger partial charge in [-0.15, -0.1) is 0 Å². The fourth-order valence-electron chi connectivity index (χ4n) is 6.46. The van der Waals surface area contributed by atoms with Crippen molar-refractivity contribution in [2.24, 2.45) is 0 Å². The number of pyridine rings is 6. The summed E-state index contributed by atoms with van der Waals surface area (Å²) in [5, 5.41) is 4.88. The zero-order chi connectivity index (χ0) is 58.8. The molecule has 9 aromatic heterocycles. The van der Waals surface area contributed by atoms with Crippen LogP contribution in [0.1, 0.15) is 56.8 Å². The van der Waals surface area contributed by atoms with Crippen molar-refractivity contribution in [3.05, 3.63) is 320 Å². The number of para-hydroxylation sites is 1. The van der Waals surface area contributed by atoms with Crippen LogP contribution in [0.2, 0.25) is 0 Å². The van der Waals surface area contributed by atoms with Crippen molar-refractivity contribution in [2.45, 2.75) is 69.2 Å². The lowest BCUT2D eigenvalue weighted by atomic mass is 10.1. The largest absolute Gasteiger partial charge is 0.262 e. The molecule has 9 heterocycles. The summed E-state index contributed by atoms with van der Waals surface area (Å²) in [7, 11) is 0. The predicted molar refractivity (Wildman–Crippen MR) is 336 cm³/mol. The van der Waals surface area contributed by atoms with Crippen molar-refractivity contribution in [2.75, 3.05) is 0 Å². The first-order valence-corrected chi connectivity index (χ1v) is 26.5. The maximum Gasteiger partial charge on any atom is 0.128 e. The van der Waals surface area contributed by atoms with Crippen LogP contribution < -0.4 is 0 Å². The highest BCUT2D eigenvalue weighted by molar-refractivity contribution is 5.82. The number of aryl methyl sites for hydroxylation is 10. The molecule has 0 unspecified atom stereocenters. The molecule has 0 aliphatic rings. The summed E-state index contributed by atoms with van der Waals surface area (Å²) in [6.45, 7) is 19.7. The minimum Gasteiger partial charge on any atom is -0.262 e. The molecule has 0 aliphatic carbocycles. The Kier molecular flexibility index (Phi) is 30.7. The molecule has 13 aromatic rings. The number of rotatable bonds is 0.